The van der Waals surface area contributed by atoms with Crippen LogP contribution in [0.5, 0.6) is 0 Å². The number of para-hydroxylation sites is 1. The Bertz CT molecular complexity index is 545. The minimum absolute atomic E-state index is 0.194. The lowest BCUT2D eigenvalue weighted by atomic mass is 10.0. The van der Waals surface area contributed by atoms with Crippen LogP contribution in [0.2, 0.25) is 0 Å². The number of rotatable bonds is 3. The molecule has 1 atom stereocenters. The van der Waals surface area contributed by atoms with E-state index in [1.807, 2.05) is 31.2 Å². The quantitative estimate of drug-likeness (QED) is 0.796. The average Bonchev–Trinajstić information content (AvgIpc) is 2.64. The van der Waals surface area contributed by atoms with Gasteiger partial charge in [0.2, 0.25) is 0 Å². The number of benzene rings is 1. The van der Waals surface area contributed by atoms with E-state index in [0.717, 1.165) is 22.2 Å². The number of nitrogens with two attached hydrogens (primary N) is 1. The molecular formula is C13H16N2O2. The lowest BCUT2D eigenvalue weighted by Gasteiger charge is -2.10. The second kappa shape index (κ2) is 4.59. The molecule has 1 aromatic heterocycles. The van der Waals surface area contributed by atoms with Gasteiger partial charge in [0.05, 0.1) is 13.5 Å². The van der Waals surface area contributed by atoms with Gasteiger partial charge in [-0.05, 0) is 18.6 Å². The van der Waals surface area contributed by atoms with Crippen LogP contribution in [0.1, 0.15) is 23.7 Å². The van der Waals surface area contributed by atoms with E-state index in [1.165, 1.54) is 7.11 Å². The molecule has 0 unspecified atom stereocenters. The number of methoxy groups -OCH3 is 1. The van der Waals surface area contributed by atoms with Crippen molar-refractivity contribution in [2.45, 2.75) is 19.4 Å². The zero-order chi connectivity index (χ0) is 12.4. The molecule has 4 heteroatoms. The van der Waals surface area contributed by atoms with Crippen LogP contribution in [-0.2, 0) is 9.53 Å². The molecule has 17 heavy (non-hydrogen) atoms. The van der Waals surface area contributed by atoms with Gasteiger partial charge in [0, 0.05) is 22.6 Å². The van der Waals surface area contributed by atoms with Gasteiger partial charge in [-0.15, -0.1) is 0 Å². The minimum Gasteiger partial charge on any atom is -0.469 e. The number of carbonyl (C=O) groups excluding carboxylic acids is 1. The minimum atomic E-state index is -0.335. The van der Waals surface area contributed by atoms with Crippen LogP contribution >= 0.6 is 0 Å². The van der Waals surface area contributed by atoms with Gasteiger partial charge < -0.3 is 15.5 Å². The summed E-state index contributed by atoms with van der Waals surface area (Å²) in [5.74, 6) is -0.290. The molecule has 0 spiro atoms. The molecule has 0 radical (unpaired) electrons. The Morgan fingerprint density at radius 1 is 1.47 bits per heavy atom. The van der Waals surface area contributed by atoms with Gasteiger partial charge in [-0.2, -0.15) is 0 Å². The van der Waals surface area contributed by atoms with Crippen molar-refractivity contribution >= 4 is 16.9 Å². The Labute approximate surface area is 99.8 Å². The third-order valence-corrected chi connectivity index (χ3v) is 2.93. The van der Waals surface area contributed by atoms with Crippen LogP contribution in [0.25, 0.3) is 10.9 Å². The maximum Gasteiger partial charge on any atom is 0.307 e. The molecule has 0 saturated carbocycles. The number of carbonyl (C=O) groups is 1. The van der Waals surface area contributed by atoms with Gasteiger partial charge in [0.1, 0.15) is 0 Å². The molecule has 0 bridgehead atoms. The van der Waals surface area contributed by atoms with Gasteiger partial charge in [0.15, 0.2) is 0 Å². The smallest absolute Gasteiger partial charge is 0.307 e. The van der Waals surface area contributed by atoms with Crippen LogP contribution in [-0.4, -0.2) is 18.1 Å². The molecule has 3 N–H and O–H groups in total. The molecule has 1 heterocycles. The van der Waals surface area contributed by atoms with E-state index in [2.05, 4.69) is 9.72 Å². The number of hydrogen-bond donors (Lipinski definition) is 2. The Morgan fingerprint density at radius 2 is 2.18 bits per heavy atom. The van der Waals surface area contributed by atoms with Crippen molar-refractivity contribution in [3.63, 3.8) is 0 Å². The van der Waals surface area contributed by atoms with E-state index in [4.69, 9.17) is 5.73 Å². The normalized spacial score (nSPS) is 12.6. The first-order chi connectivity index (χ1) is 8.13. The zero-order valence-corrected chi connectivity index (χ0v) is 9.99. The van der Waals surface area contributed by atoms with E-state index in [0.29, 0.717) is 0 Å². The van der Waals surface area contributed by atoms with Gasteiger partial charge in [-0.25, -0.2) is 0 Å². The Hall–Kier alpha value is -1.81. The highest BCUT2D eigenvalue weighted by molar-refractivity contribution is 5.85. The summed E-state index contributed by atoms with van der Waals surface area (Å²) in [5, 5.41) is 1.07. The predicted molar refractivity (Wildman–Crippen MR) is 66.6 cm³/mol. The van der Waals surface area contributed by atoms with Crippen molar-refractivity contribution in [1.82, 2.24) is 4.98 Å². The maximum atomic E-state index is 11.3. The second-order valence-electron chi connectivity index (χ2n) is 4.10. The summed E-state index contributed by atoms with van der Waals surface area (Å²) in [7, 11) is 1.37. The van der Waals surface area contributed by atoms with E-state index in [1.54, 1.807) is 0 Å². The number of aromatic amines is 1. The molecule has 90 valence electrons. The van der Waals surface area contributed by atoms with Gasteiger partial charge in [-0.1, -0.05) is 18.2 Å². The van der Waals surface area contributed by atoms with Gasteiger partial charge in [0.25, 0.3) is 0 Å². The highest BCUT2D eigenvalue weighted by Crippen LogP contribution is 2.28. The van der Waals surface area contributed by atoms with E-state index < -0.39 is 0 Å². The number of hydrogen-bond acceptors (Lipinski definition) is 3. The molecule has 0 fully saturated rings. The van der Waals surface area contributed by atoms with Crippen molar-refractivity contribution in [2.75, 3.05) is 7.11 Å². The van der Waals surface area contributed by atoms with Crippen molar-refractivity contribution in [3.8, 4) is 0 Å². The van der Waals surface area contributed by atoms with E-state index in [-0.39, 0.29) is 18.4 Å². The lowest BCUT2D eigenvalue weighted by molar-refractivity contribution is -0.141. The molecule has 2 aromatic rings. The molecule has 1 aromatic carbocycles. The van der Waals surface area contributed by atoms with Crippen molar-refractivity contribution in [2.24, 2.45) is 5.73 Å². The number of aryl methyl sites for hydroxylation is 1. The summed E-state index contributed by atoms with van der Waals surface area (Å²) < 4.78 is 4.64. The summed E-state index contributed by atoms with van der Waals surface area (Å²) in [6.07, 6.45) is 0.194. The first kappa shape index (κ1) is 11.7. The Morgan fingerprint density at radius 3 is 2.88 bits per heavy atom. The number of fused-ring (bicyclic) bond motifs is 1. The number of ether oxygens (including phenoxy) is 1. The highest BCUT2D eigenvalue weighted by Gasteiger charge is 2.18. The van der Waals surface area contributed by atoms with Crippen LogP contribution < -0.4 is 5.73 Å². The fraction of sp³-hybridized carbons (Fsp3) is 0.308. The summed E-state index contributed by atoms with van der Waals surface area (Å²) >= 11 is 0. The fourth-order valence-corrected chi connectivity index (χ4v) is 2.14. The lowest BCUT2D eigenvalue weighted by Crippen LogP contribution is -2.16. The monoisotopic (exact) mass is 232 g/mol. The molecule has 0 aliphatic heterocycles. The summed E-state index contributed by atoms with van der Waals surface area (Å²) in [6, 6.07) is 7.60. The van der Waals surface area contributed by atoms with Crippen molar-refractivity contribution < 1.29 is 9.53 Å². The van der Waals surface area contributed by atoms with Gasteiger partial charge >= 0.3 is 5.97 Å². The molecule has 0 amide bonds. The highest BCUT2D eigenvalue weighted by atomic mass is 16.5. The molecule has 0 aliphatic carbocycles. The van der Waals surface area contributed by atoms with Crippen molar-refractivity contribution in [1.29, 1.82) is 0 Å². The van der Waals surface area contributed by atoms with E-state index in [9.17, 15) is 4.79 Å². The Balaban J connectivity index is 2.40. The third-order valence-electron chi connectivity index (χ3n) is 2.93. The predicted octanol–water partition coefficient (Wildman–Crippen LogP) is 2.04. The van der Waals surface area contributed by atoms with Gasteiger partial charge in [-0.3, -0.25) is 4.79 Å². The number of H-pyrrole nitrogens is 1. The number of aromatic nitrogens is 1. The fourth-order valence-electron chi connectivity index (χ4n) is 2.14. The summed E-state index contributed by atoms with van der Waals surface area (Å²) in [6.45, 7) is 1.96. The van der Waals surface area contributed by atoms with Crippen LogP contribution in [0.3, 0.4) is 0 Å². The maximum absolute atomic E-state index is 11.3. The molecule has 4 nitrogen and oxygen atoms in total. The topological polar surface area (TPSA) is 68.1 Å². The largest absolute Gasteiger partial charge is 0.469 e. The molecule has 2 rings (SSSR count). The standard InChI is InChI=1S/C13H16N2O2/c1-8-13(10(14)7-12(16)17-2)9-5-3-4-6-11(9)15-8/h3-6,10,15H,7,14H2,1-2H3/t10-/m1/s1. The second-order valence-corrected chi connectivity index (χ2v) is 4.10. The average molecular weight is 232 g/mol. The van der Waals surface area contributed by atoms with Crippen LogP contribution in [0.15, 0.2) is 24.3 Å². The zero-order valence-electron chi connectivity index (χ0n) is 9.99. The first-order valence-corrected chi connectivity index (χ1v) is 5.53. The first-order valence-electron chi connectivity index (χ1n) is 5.53. The molecule has 0 aliphatic rings. The van der Waals surface area contributed by atoms with E-state index >= 15 is 0 Å². The molecular weight excluding hydrogens is 216 g/mol. The Kier molecular flexibility index (Phi) is 3.15. The number of esters is 1. The van der Waals surface area contributed by atoms with Crippen LogP contribution in [0.4, 0.5) is 0 Å². The summed E-state index contributed by atoms with van der Waals surface area (Å²) in [5.41, 5.74) is 9.10. The molecule has 0 saturated heterocycles. The van der Waals surface area contributed by atoms with Crippen molar-refractivity contribution in [3.05, 3.63) is 35.5 Å². The van der Waals surface area contributed by atoms with Crippen LogP contribution in [0, 0.1) is 6.92 Å². The number of nitrogens with one attached hydrogen (secondary N) is 1. The summed E-state index contributed by atoms with van der Waals surface area (Å²) in [4.78, 5) is 14.5. The SMILES string of the molecule is COC(=O)C[C@@H](N)c1c(C)[nH]c2ccccc12. The third kappa shape index (κ3) is 2.17.